The Kier molecular flexibility index (Phi) is 4.35. The first kappa shape index (κ1) is 14.3. The molecule has 0 saturated carbocycles. The van der Waals surface area contributed by atoms with Gasteiger partial charge in [0.05, 0.1) is 0 Å². The van der Waals surface area contributed by atoms with Crippen molar-refractivity contribution in [3.8, 4) is 0 Å². The van der Waals surface area contributed by atoms with Crippen molar-refractivity contribution in [2.45, 2.75) is 64.1 Å². The monoisotopic (exact) mass is 253 g/mol. The van der Waals surface area contributed by atoms with Gasteiger partial charge in [-0.3, -0.25) is 4.90 Å². The van der Waals surface area contributed by atoms with Crippen LogP contribution in [0.5, 0.6) is 0 Å². The fourth-order valence-corrected chi connectivity index (χ4v) is 3.93. The number of likely N-dealkylation sites (tertiary alicyclic amines) is 2. The van der Waals surface area contributed by atoms with E-state index in [1.165, 1.54) is 38.8 Å². The smallest absolute Gasteiger partial charge is 0.0361 e. The van der Waals surface area contributed by atoms with E-state index in [0.29, 0.717) is 12.1 Å². The summed E-state index contributed by atoms with van der Waals surface area (Å²) in [6.45, 7) is 10.4. The van der Waals surface area contributed by atoms with Gasteiger partial charge in [0.25, 0.3) is 0 Å². The zero-order valence-electron chi connectivity index (χ0n) is 12.7. The molecule has 0 radical (unpaired) electrons. The van der Waals surface area contributed by atoms with Crippen LogP contribution in [-0.4, -0.2) is 54.1 Å². The molecule has 2 rings (SSSR count). The minimum atomic E-state index is 0.264. The second-order valence-electron chi connectivity index (χ2n) is 6.90. The summed E-state index contributed by atoms with van der Waals surface area (Å²) in [6, 6.07) is 1.37. The number of piperidine rings is 2. The zero-order chi connectivity index (χ0) is 13.3. The zero-order valence-corrected chi connectivity index (χ0v) is 12.7. The molecule has 0 aromatic rings. The molecule has 0 aromatic carbocycles. The predicted octanol–water partition coefficient (Wildman–Crippen LogP) is 1.92. The van der Waals surface area contributed by atoms with Gasteiger partial charge in [0.1, 0.15) is 0 Å². The number of hydrogen-bond donors (Lipinski definition) is 1. The van der Waals surface area contributed by atoms with Crippen LogP contribution in [0, 0.1) is 5.92 Å². The fraction of sp³-hybridized carbons (Fsp3) is 1.00. The summed E-state index contributed by atoms with van der Waals surface area (Å²) in [4.78, 5) is 5.23. The quantitative estimate of drug-likeness (QED) is 0.816. The Labute approximate surface area is 113 Å². The van der Waals surface area contributed by atoms with Gasteiger partial charge in [-0.05, 0) is 59.0 Å². The third-order valence-electron chi connectivity index (χ3n) is 5.46. The lowest BCUT2D eigenvalue weighted by Crippen LogP contribution is -2.64. The van der Waals surface area contributed by atoms with Gasteiger partial charge in [-0.1, -0.05) is 6.92 Å². The van der Waals surface area contributed by atoms with Crippen molar-refractivity contribution in [1.82, 2.24) is 9.80 Å². The van der Waals surface area contributed by atoms with Gasteiger partial charge in [0.2, 0.25) is 0 Å². The van der Waals surface area contributed by atoms with E-state index < -0.39 is 0 Å². The van der Waals surface area contributed by atoms with E-state index in [4.69, 9.17) is 5.73 Å². The average molecular weight is 253 g/mol. The highest BCUT2D eigenvalue weighted by Crippen LogP contribution is 2.36. The molecule has 0 amide bonds. The SMILES string of the molecule is CC1CCC(C)N(C2(CN)CCN(C)C(C)C2)C1. The molecule has 2 N–H and O–H groups in total. The third kappa shape index (κ3) is 2.59. The van der Waals surface area contributed by atoms with Gasteiger partial charge in [-0.2, -0.15) is 0 Å². The second kappa shape index (κ2) is 5.48. The van der Waals surface area contributed by atoms with Crippen LogP contribution in [0.2, 0.25) is 0 Å². The molecule has 2 fully saturated rings. The highest BCUT2D eigenvalue weighted by Gasteiger charge is 2.44. The highest BCUT2D eigenvalue weighted by molar-refractivity contribution is 5.01. The van der Waals surface area contributed by atoms with Crippen LogP contribution < -0.4 is 5.73 Å². The lowest BCUT2D eigenvalue weighted by molar-refractivity contribution is -0.0389. The van der Waals surface area contributed by atoms with Crippen molar-refractivity contribution in [1.29, 1.82) is 0 Å². The van der Waals surface area contributed by atoms with Crippen LogP contribution in [0.4, 0.5) is 0 Å². The van der Waals surface area contributed by atoms with Gasteiger partial charge >= 0.3 is 0 Å². The normalized spacial score (nSPS) is 44.2. The van der Waals surface area contributed by atoms with Crippen molar-refractivity contribution in [3.05, 3.63) is 0 Å². The van der Waals surface area contributed by atoms with Crippen molar-refractivity contribution >= 4 is 0 Å². The van der Waals surface area contributed by atoms with Crippen molar-refractivity contribution < 1.29 is 0 Å². The molecular formula is C15H31N3. The molecule has 2 heterocycles. The van der Waals surface area contributed by atoms with E-state index in [-0.39, 0.29) is 5.54 Å². The topological polar surface area (TPSA) is 32.5 Å². The van der Waals surface area contributed by atoms with Gasteiger partial charge in [0.15, 0.2) is 0 Å². The maximum absolute atomic E-state index is 6.22. The van der Waals surface area contributed by atoms with Crippen LogP contribution in [0.3, 0.4) is 0 Å². The Hall–Kier alpha value is -0.120. The standard InChI is InChI=1S/C15H31N3/c1-12-5-6-13(2)18(10-12)15(11-16)7-8-17(4)14(3)9-15/h12-14H,5-11,16H2,1-4H3. The molecule has 0 aliphatic carbocycles. The third-order valence-corrected chi connectivity index (χ3v) is 5.46. The molecular weight excluding hydrogens is 222 g/mol. The molecule has 2 aliphatic rings. The predicted molar refractivity (Wildman–Crippen MR) is 77.7 cm³/mol. The molecule has 2 aliphatic heterocycles. The van der Waals surface area contributed by atoms with Crippen molar-refractivity contribution in [3.63, 3.8) is 0 Å². The van der Waals surface area contributed by atoms with E-state index in [0.717, 1.165) is 12.5 Å². The first-order valence-electron chi connectivity index (χ1n) is 7.65. The van der Waals surface area contributed by atoms with Crippen molar-refractivity contribution in [2.24, 2.45) is 11.7 Å². The first-order chi connectivity index (χ1) is 8.48. The van der Waals surface area contributed by atoms with E-state index in [1.807, 2.05) is 0 Å². The molecule has 0 spiro atoms. The summed E-state index contributed by atoms with van der Waals surface area (Å²) in [7, 11) is 2.24. The Balaban J connectivity index is 2.15. The van der Waals surface area contributed by atoms with Crippen LogP contribution in [-0.2, 0) is 0 Å². The number of hydrogen-bond acceptors (Lipinski definition) is 3. The summed E-state index contributed by atoms with van der Waals surface area (Å²) >= 11 is 0. The van der Waals surface area contributed by atoms with Gasteiger partial charge in [0, 0.05) is 30.7 Å². The number of nitrogens with zero attached hydrogens (tertiary/aromatic N) is 2. The summed E-state index contributed by atoms with van der Waals surface area (Å²) < 4.78 is 0. The summed E-state index contributed by atoms with van der Waals surface area (Å²) in [6.07, 6.45) is 5.19. The molecule has 0 bridgehead atoms. The molecule has 3 heteroatoms. The van der Waals surface area contributed by atoms with E-state index in [9.17, 15) is 0 Å². The highest BCUT2D eigenvalue weighted by atomic mass is 15.3. The summed E-state index contributed by atoms with van der Waals surface area (Å²) in [5.74, 6) is 0.833. The molecule has 4 atom stereocenters. The molecule has 4 unspecified atom stereocenters. The van der Waals surface area contributed by atoms with Crippen LogP contribution in [0.1, 0.15) is 46.5 Å². The Morgan fingerprint density at radius 3 is 2.50 bits per heavy atom. The Bertz CT molecular complexity index is 281. The van der Waals surface area contributed by atoms with E-state index >= 15 is 0 Å². The summed E-state index contributed by atoms with van der Waals surface area (Å²) in [5.41, 5.74) is 6.49. The van der Waals surface area contributed by atoms with Crippen LogP contribution >= 0.6 is 0 Å². The maximum atomic E-state index is 6.22. The molecule has 2 saturated heterocycles. The number of nitrogens with two attached hydrogens (primary N) is 1. The lowest BCUT2D eigenvalue weighted by Gasteiger charge is -2.54. The lowest BCUT2D eigenvalue weighted by atomic mass is 9.78. The van der Waals surface area contributed by atoms with Gasteiger partial charge in [-0.25, -0.2) is 0 Å². The maximum Gasteiger partial charge on any atom is 0.0361 e. The molecule has 0 aromatic heterocycles. The van der Waals surface area contributed by atoms with E-state index in [1.54, 1.807) is 0 Å². The largest absolute Gasteiger partial charge is 0.329 e. The fourth-order valence-electron chi connectivity index (χ4n) is 3.93. The minimum absolute atomic E-state index is 0.264. The molecule has 18 heavy (non-hydrogen) atoms. The van der Waals surface area contributed by atoms with Crippen LogP contribution in [0.15, 0.2) is 0 Å². The Morgan fingerprint density at radius 2 is 1.89 bits per heavy atom. The van der Waals surface area contributed by atoms with Gasteiger partial charge in [-0.15, -0.1) is 0 Å². The van der Waals surface area contributed by atoms with E-state index in [2.05, 4.69) is 37.6 Å². The van der Waals surface area contributed by atoms with Gasteiger partial charge < -0.3 is 10.6 Å². The summed E-state index contributed by atoms with van der Waals surface area (Å²) in [5, 5.41) is 0. The number of rotatable bonds is 2. The Morgan fingerprint density at radius 1 is 1.17 bits per heavy atom. The molecule has 3 nitrogen and oxygen atoms in total. The molecule has 106 valence electrons. The van der Waals surface area contributed by atoms with Crippen LogP contribution in [0.25, 0.3) is 0 Å². The van der Waals surface area contributed by atoms with Crippen molar-refractivity contribution in [2.75, 3.05) is 26.7 Å². The minimum Gasteiger partial charge on any atom is -0.329 e. The second-order valence-corrected chi connectivity index (χ2v) is 6.90. The first-order valence-corrected chi connectivity index (χ1v) is 7.65. The average Bonchev–Trinajstić information content (AvgIpc) is 2.36.